The van der Waals surface area contributed by atoms with Crippen LogP contribution < -0.4 is 0 Å². The van der Waals surface area contributed by atoms with Crippen LogP contribution in [0.1, 0.15) is 71.1 Å². The Bertz CT molecular complexity index is 351. The molecule has 0 radical (unpaired) electrons. The molecular formula is C17H27F3O2. The predicted molar refractivity (Wildman–Crippen MR) is 78.2 cm³/mol. The van der Waals surface area contributed by atoms with Gasteiger partial charge in [0.15, 0.2) is 0 Å². The summed E-state index contributed by atoms with van der Waals surface area (Å²) in [6.07, 6.45) is 2.78. The number of hydrogen-bond acceptors (Lipinski definition) is 2. The molecule has 0 aliphatic heterocycles. The Kier molecular flexibility index (Phi) is 6.16. The van der Waals surface area contributed by atoms with Crippen LogP contribution in [0.25, 0.3) is 0 Å². The van der Waals surface area contributed by atoms with Crippen molar-refractivity contribution in [3.63, 3.8) is 0 Å². The Morgan fingerprint density at radius 3 is 2.09 bits per heavy atom. The van der Waals surface area contributed by atoms with Crippen molar-refractivity contribution in [2.45, 2.75) is 83.4 Å². The molecule has 2 fully saturated rings. The third-order valence-electron chi connectivity index (χ3n) is 5.30. The zero-order valence-corrected chi connectivity index (χ0v) is 13.3. The van der Waals surface area contributed by atoms with E-state index in [1.54, 1.807) is 0 Å². The molecule has 0 atom stereocenters. The molecule has 0 bridgehead atoms. The molecule has 0 saturated heterocycles. The van der Waals surface area contributed by atoms with Gasteiger partial charge in [-0.2, -0.15) is 13.2 Å². The van der Waals surface area contributed by atoms with Gasteiger partial charge in [-0.05, 0) is 57.3 Å². The highest BCUT2D eigenvalue weighted by molar-refractivity contribution is 5.72. The molecule has 0 spiro atoms. The lowest BCUT2D eigenvalue weighted by molar-refractivity contribution is -0.189. The summed E-state index contributed by atoms with van der Waals surface area (Å²) in [5.74, 6) is -0.693. The Morgan fingerprint density at radius 1 is 1.00 bits per heavy atom. The second-order valence-corrected chi connectivity index (χ2v) is 6.96. The Hall–Kier alpha value is -0.740. The van der Waals surface area contributed by atoms with E-state index in [4.69, 9.17) is 4.74 Å². The molecule has 2 aliphatic carbocycles. The summed E-state index contributed by atoms with van der Waals surface area (Å²) in [5.41, 5.74) is 0. The van der Waals surface area contributed by atoms with Crippen molar-refractivity contribution < 1.29 is 22.7 Å². The van der Waals surface area contributed by atoms with Crippen LogP contribution in [0.4, 0.5) is 13.2 Å². The lowest BCUT2D eigenvalue weighted by Gasteiger charge is -2.32. The molecule has 0 unspecified atom stereocenters. The minimum Gasteiger partial charge on any atom is -0.462 e. The first kappa shape index (κ1) is 17.6. The summed E-state index contributed by atoms with van der Waals surface area (Å²) >= 11 is 0. The van der Waals surface area contributed by atoms with E-state index in [2.05, 4.69) is 6.92 Å². The molecule has 0 N–H and O–H groups in total. The molecule has 5 heteroatoms. The molecule has 0 heterocycles. The van der Waals surface area contributed by atoms with Gasteiger partial charge in [-0.15, -0.1) is 0 Å². The average molecular weight is 320 g/mol. The molecule has 2 saturated carbocycles. The molecule has 0 aromatic carbocycles. The van der Waals surface area contributed by atoms with Gasteiger partial charge in [0, 0.05) is 0 Å². The van der Waals surface area contributed by atoms with Gasteiger partial charge in [-0.3, -0.25) is 4.79 Å². The van der Waals surface area contributed by atoms with Crippen LogP contribution in [-0.2, 0) is 9.53 Å². The van der Waals surface area contributed by atoms with Crippen molar-refractivity contribution in [3.05, 3.63) is 0 Å². The summed E-state index contributed by atoms with van der Waals surface area (Å²) in [5, 5.41) is 0. The predicted octanol–water partition coefficient (Wildman–Crippen LogP) is 5.26. The van der Waals surface area contributed by atoms with Crippen LogP contribution in [0.3, 0.4) is 0 Å². The summed E-state index contributed by atoms with van der Waals surface area (Å²) in [6, 6.07) is 0. The topological polar surface area (TPSA) is 26.3 Å². The lowest BCUT2D eigenvalue weighted by atomic mass is 9.80. The van der Waals surface area contributed by atoms with Gasteiger partial charge >= 0.3 is 12.1 Å². The Morgan fingerprint density at radius 2 is 1.59 bits per heavy atom. The van der Waals surface area contributed by atoms with Crippen molar-refractivity contribution in [2.75, 3.05) is 0 Å². The summed E-state index contributed by atoms with van der Waals surface area (Å²) < 4.78 is 43.3. The fraction of sp³-hybridized carbons (Fsp3) is 0.941. The molecule has 0 aromatic heterocycles. The molecule has 2 nitrogen and oxygen atoms in total. The fourth-order valence-corrected chi connectivity index (χ4v) is 3.86. The SMILES string of the molecule is CCCC1CCC(C(=O)OC2CCC(C(F)(F)F)CC2)CC1. The number of rotatable bonds is 4. The number of ether oxygens (including phenoxy) is 1. The lowest BCUT2D eigenvalue weighted by Crippen LogP contribution is -2.33. The fourth-order valence-electron chi connectivity index (χ4n) is 3.86. The quantitative estimate of drug-likeness (QED) is 0.661. The summed E-state index contributed by atoms with van der Waals surface area (Å²) in [7, 11) is 0. The Labute approximate surface area is 130 Å². The van der Waals surface area contributed by atoms with Gasteiger partial charge in [0.05, 0.1) is 11.8 Å². The maximum atomic E-state index is 12.6. The number of alkyl halides is 3. The highest BCUT2D eigenvalue weighted by Crippen LogP contribution is 2.39. The van der Waals surface area contributed by atoms with Crippen molar-refractivity contribution in [1.29, 1.82) is 0 Å². The summed E-state index contributed by atoms with van der Waals surface area (Å²) in [6.45, 7) is 2.18. The van der Waals surface area contributed by atoms with Gasteiger partial charge in [0.25, 0.3) is 0 Å². The van der Waals surface area contributed by atoms with Crippen molar-refractivity contribution in [3.8, 4) is 0 Å². The molecule has 2 rings (SSSR count). The largest absolute Gasteiger partial charge is 0.462 e. The zero-order chi connectivity index (χ0) is 16.2. The third kappa shape index (κ3) is 4.88. The standard InChI is InChI=1S/C17H27F3O2/c1-2-3-12-4-6-13(7-5-12)16(21)22-15-10-8-14(9-11-15)17(18,19)20/h12-15H,2-11H2,1H3. The number of carbonyl (C=O) groups excluding carboxylic acids is 1. The second-order valence-electron chi connectivity index (χ2n) is 6.96. The molecule has 22 heavy (non-hydrogen) atoms. The van der Waals surface area contributed by atoms with E-state index < -0.39 is 12.1 Å². The first-order valence-corrected chi connectivity index (χ1v) is 8.67. The zero-order valence-electron chi connectivity index (χ0n) is 13.3. The van der Waals surface area contributed by atoms with Crippen LogP contribution in [0.2, 0.25) is 0 Å². The van der Waals surface area contributed by atoms with Crippen LogP contribution in [-0.4, -0.2) is 18.2 Å². The van der Waals surface area contributed by atoms with Gasteiger partial charge in [-0.25, -0.2) is 0 Å². The van der Waals surface area contributed by atoms with Gasteiger partial charge in [0.2, 0.25) is 0 Å². The molecule has 0 amide bonds. The smallest absolute Gasteiger partial charge is 0.391 e. The number of halogens is 3. The first-order valence-electron chi connectivity index (χ1n) is 8.67. The van der Waals surface area contributed by atoms with Crippen LogP contribution in [0, 0.1) is 17.8 Å². The highest BCUT2D eigenvalue weighted by atomic mass is 19.4. The van der Waals surface area contributed by atoms with E-state index >= 15 is 0 Å². The third-order valence-corrected chi connectivity index (χ3v) is 5.30. The number of carbonyl (C=O) groups is 1. The number of hydrogen-bond donors (Lipinski definition) is 0. The van der Waals surface area contributed by atoms with E-state index in [1.807, 2.05) is 0 Å². The van der Waals surface area contributed by atoms with E-state index in [0.29, 0.717) is 12.8 Å². The van der Waals surface area contributed by atoms with Gasteiger partial charge in [0.1, 0.15) is 6.10 Å². The van der Waals surface area contributed by atoms with Crippen molar-refractivity contribution >= 4 is 5.97 Å². The van der Waals surface area contributed by atoms with Crippen LogP contribution >= 0.6 is 0 Å². The maximum Gasteiger partial charge on any atom is 0.391 e. The molecule has 2 aliphatic rings. The first-order chi connectivity index (χ1) is 10.4. The monoisotopic (exact) mass is 320 g/mol. The van der Waals surface area contributed by atoms with Gasteiger partial charge < -0.3 is 4.74 Å². The van der Waals surface area contributed by atoms with Crippen molar-refractivity contribution in [1.82, 2.24) is 0 Å². The normalized spacial score (nSPS) is 33.5. The average Bonchev–Trinajstić information content (AvgIpc) is 2.48. The maximum absolute atomic E-state index is 12.6. The van der Waals surface area contributed by atoms with Crippen LogP contribution in [0.15, 0.2) is 0 Å². The molecular weight excluding hydrogens is 293 g/mol. The summed E-state index contributed by atoms with van der Waals surface area (Å²) in [4.78, 5) is 12.2. The van der Waals surface area contributed by atoms with Crippen molar-refractivity contribution in [2.24, 2.45) is 17.8 Å². The Balaban J connectivity index is 1.70. The molecule has 128 valence electrons. The second kappa shape index (κ2) is 7.69. The number of esters is 1. The van der Waals surface area contributed by atoms with E-state index in [0.717, 1.165) is 31.6 Å². The highest BCUT2D eigenvalue weighted by Gasteiger charge is 2.42. The van der Waals surface area contributed by atoms with E-state index in [-0.39, 0.29) is 30.8 Å². The molecule has 0 aromatic rings. The minimum absolute atomic E-state index is 0.0338. The van der Waals surface area contributed by atoms with E-state index in [9.17, 15) is 18.0 Å². The van der Waals surface area contributed by atoms with E-state index in [1.165, 1.54) is 12.8 Å². The van der Waals surface area contributed by atoms with Gasteiger partial charge in [-0.1, -0.05) is 19.8 Å². The van der Waals surface area contributed by atoms with Crippen LogP contribution in [0.5, 0.6) is 0 Å². The minimum atomic E-state index is -4.10.